The number of hydrogen-bond acceptors (Lipinski definition) is 5. The fraction of sp³-hybridized carbons (Fsp3) is 0.0588. The minimum atomic E-state index is -4.42. The zero-order chi connectivity index (χ0) is 19.8. The number of benzene rings is 3. The van der Waals surface area contributed by atoms with Gasteiger partial charge in [0.25, 0.3) is 10.1 Å². The summed E-state index contributed by atoms with van der Waals surface area (Å²) in [5.41, 5.74) is 1.78. The Kier molecular flexibility index (Phi) is 4.98. The Morgan fingerprint density at radius 3 is 2.15 bits per heavy atom. The van der Waals surface area contributed by atoms with E-state index in [1.165, 1.54) is 6.07 Å². The van der Waals surface area contributed by atoms with Crippen molar-refractivity contribution >= 4 is 39.9 Å². The number of nitrogens with one attached hydrogen (secondary N) is 1. The maximum atomic E-state index is 11.2. The Hall–Kier alpha value is -2.42. The number of phenolic OH excluding ortho intramolecular Hbond substituents is 1. The van der Waals surface area contributed by atoms with Crippen molar-refractivity contribution in [1.29, 1.82) is 0 Å². The summed E-state index contributed by atoms with van der Waals surface area (Å²) in [5, 5.41) is 14.0. The van der Waals surface area contributed by atoms with E-state index < -0.39 is 22.6 Å². The van der Waals surface area contributed by atoms with Crippen LogP contribution in [0.3, 0.4) is 0 Å². The van der Waals surface area contributed by atoms with Gasteiger partial charge in [-0.2, -0.15) is 8.42 Å². The van der Waals surface area contributed by atoms with Crippen molar-refractivity contribution in [3.8, 4) is 5.75 Å². The molecule has 0 radical (unpaired) electrons. The molecule has 142 valence electrons. The zero-order valence-corrected chi connectivity index (χ0v) is 15.5. The van der Waals surface area contributed by atoms with Gasteiger partial charge in [-0.15, -0.1) is 0 Å². The van der Waals surface area contributed by atoms with Crippen LogP contribution in [0.4, 0.5) is 11.4 Å². The highest BCUT2D eigenvalue weighted by atomic mass is 32.2. The quantitative estimate of drug-likeness (QED) is 0.319. The molecule has 0 unspecified atom stereocenters. The molecule has 0 aromatic heterocycles. The highest BCUT2D eigenvalue weighted by molar-refractivity contribution is 7.85. The van der Waals surface area contributed by atoms with E-state index in [-0.39, 0.29) is 11.9 Å². The maximum absolute atomic E-state index is 11.2. The van der Waals surface area contributed by atoms with Gasteiger partial charge in [0.2, 0.25) is 0 Å². The molecule has 0 saturated heterocycles. The molecule has 0 amide bonds. The molecule has 3 aromatic carbocycles. The van der Waals surface area contributed by atoms with Crippen LogP contribution >= 0.6 is 7.60 Å². The van der Waals surface area contributed by atoms with Crippen LogP contribution < -0.4 is 5.32 Å². The largest absolute Gasteiger partial charge is 0.507 e. The lowest BCUT2D eigenvalue weighted by Gasteiger charge is -2.10. The third-order valence-electron chi connectivity index (χ3n) is 3.84. The first-order valence-corrected chi connectivity index (χ1v) is 10.9. The second-order valence-electron chi connectivity index (χ2n) is 6.00. The average molecular weight is 409 g/mol. The van der Waals surface area contributed by atoms with Crippen LogP contribution in [0.5, 0.6) is 5.75 Å². The summed E-state index contributed by atoms with van der Waals surface area (Å²) in [5.74, 6) is -0.291. The van der Waals surface area contributed by atoms with Crippen LogP contribution in [-0.4, -0.2) is 27.9 Å². The molecule has 3 rings (SSSR count). The molecule has 27 heavy (non-hydrogen) atoms. The lowest BCUT2D eigenvalue weighted by atomic mass is 10.1. The van der Waals surface area contributed by atoms with E-state index in [4.69, 9.17) is 14.3 Å². The van der Waals surface area contributed by atoms with Crippen LogP contribution in [0.1, 0.15) is 5.56 Å². The maximum Gasteiger partial charge on any atom is 0.329 e. The van der Waals surface area contributed by atoms with E-state index in [0.717, 1.165) is 6.07 Å². The second kappa shape index (κ2) is 6.95. The third-order valence-corrected chi connectivity index (χ3v) is 5.44. The molecule has 0 aliphatic carbocycles. The van der Waals surface area contributed by atoms with Crippen molar-refractivity contribution in [2.75, 3.05) is 5.32 Å². The van der Waals surface area contributed by atoms with Gasteiger partial charge in [-0.3, -0.25) is 9.12 Å². The number of phenols is 1. The number of fused-ring (bicyclic) bond motifs is 1. The van der Waals surface area contributed by atoms with Crippen LogP contribution in [0, 0.1) is 0 Å². The molecule has 0 saturated carbocycles. The van der Waals surface area contributed by atoms with Gasteiger partial charge in [-0.05, 0) is 41.3 Å². The highest BCUT2D eigenvalue weighted by Crippen LogP contribution is 2.39. The summed E-state index contributed by atoms with van der Waals surface area (Å²) in [6.45, 7) is 0. The molecule has 8 nitrogen and oxygen atoms in total. The summed E-state index contributed by atoms with van der Waals surface area (Å²) in [6.07, 6.45) is -0.340. The smallest absolute Gasteiger partial charge is 0.329 e. The van der Waals surface area contributed by atoms with Crippen LogP contribution in [0.2, 0.25) is 0 Å². The first-order chi connectivity index (χ1) is 12.5. The van der Waals surface area contributed by atoms with Gasteiger partial charge in [0.05, 0.1) is 11.1 Å². The molecule has 0 atom stereocenters. The lowest BCUT2D eigenvalue weighted by Crippen LogP contribution is -1.98. The average Bonchev–Trinajstić information content (AvgIpc) is 2.55. The van der Waals surface area contributed by atoms with E-state index in [2.05, 4.69) is 5.32 Å². The molecule has 0 heterocycles. The van der Waals surface area contributed by atoms with Gasteiger partial charge in [0.1, 0.15) is 5.75 Å². The van der Waals surface area contributed by atoms with Gasteiger partial charge < -0.3 is 20.2 Å². The molecule has 0 fully saturated rings. The predicted octanol–water partition coefficient (Wildman–Crippen LogP) is 3.21. The summed E-state index contributed by atoms with van der Waals surface area (Å²) >= 11 is 0. The first kappa shape index (κ1) is 19.3. The van der Waals surface area contributed by atoms with Crippen LogP contribution in [0.15, 0.2) is 59.5 Å². The lowest BCUT2D eigenvalue weighted by molar-refractivity contribution is 0.371. The Balaban J connectivity index is 1.88. The standard InChI is InChI=1S/C17H16NO7PS/c19-17-9-15(27(23,24)25)7-12-3-6-14(8-16(12)17)18-13-4-1-11(2-5-13)10-26(20,21)22/h1-9,18-19H,10H2,(H2,20,21,22)(H,23,24,25). The van der Waals surface area contributed by atoms with Gasteiger partial charge in [0.15, 0.2) is 0 Å². The molecule has 5 N–H and O–H groups in total. The van der Waals surface area contributed by atoms with Gasteiger partial charge in [0, 0.05) is 22.8 Å². The van der Waals surface area contributed by atoms with E-state index in [1.807, 2.05) is 0 Å². The van der Waals surface area contributed by atoms with E-state index in [9.17, 15) is 18.1 Å². The summed E-state index contributed by atoms with van der Waals surface area (Å²) in [6, 6.07) is 13.6. The summed E-state index contributed by atoms with van der Waals surface area (Å²) < 4.78 is 42.6. The minimum Gasteiger partial charge on any atom is -0.507 e. The molecule has 3 aromatic rings. The van der Waals surface area contributed by atoms with Crippen molar-refractivity contribution in [2.24, 2.45) is 0 Å². The normalized spacial score (nSPS) is 12.3. The summed E-state index contributed by atoms with van der Waals surface area (Å²) in [7, 11) is -8.55. The van der Waals surface area contributed by atoms with Crippen LogP contribution in [0.25, 0.3) is 10.8 Å². The highest BCUT2D eigenvalue weighted by Gasteiger charge is 2.15. The number of anilines is 2. The van der Waals surface area contributed by atoms with E-state index >= 15 is 0 Å². The predicted molar refractivity (Wildman–Crippen MR) is 101 cm³/mol. The molecular weight excluding hydrogens is 393 g/mol. The Bertz CT molecular complexity index is 1150. The first-order valence-electron chi connectivity index (χ1n) is 7.66. The monoisotopic (exact) mass is 409 g/mol. The van der Waals surface area contributed by atoms with Crippen molar-refractivity contribution in [2.45, 2.75) is 11.1 Å². The van der Waals surface area contributed by atoms with Crippen molar-refractivity contribution in [3.63, 3.8) is 0 Å². The van der Waals surface area contributed by atoms with E-state index in [0.29, 0.717) is 27.7 Å². The second-order valence-corrected chi connectivity index (χ2v) is 9.07. The zero-order valence-electron chi connectivity index (χ0n) is 13.8. The minimum absolute atomic E-state index is 0.291. The topological polar surface area (TPSA) is 144 Å². The van der Waals surface area contributed by atoms with Gasteiger partial charge in [-0.25, -0.2) is 0 Å². The Labute approximate surface area is 155 Å². The number of aromatic hydroxyl groups is 1. The van der Waals surface area contributed by atoms with Gasteiger partial charge in [-0.1, -0.05) is 18.2 Å². The Morgan fingerprint density at radius 1 is 0.926 bits per heavy atom. The third kappa shape index (κ3) is 4.85. The number of rotatable bonds is 5. The fourth-order valence-electron chi connectivity index (χ4n) is 2.64. The van der Waals surface area contributed by atoms with Crippen molar-refractivity contribution in [3.05, 3.63) is 60.2 Å². The Morgan fingerprint density at radius 2 is 1.56 bits per heavy atom. The molecule has 0 bridgehead atoms. The fourth-order valence-corrected chi connectivity index (χ4v) is 3.86. The molecule has 10 heteroatoms. The van der Waals surface area contributed by atoms with E-state index in [1.54, 1.807) is 42.5 Å². The SMILES string of the molecule is O=P(O)(O)Cc1ccc(Nc2ccc3cc(S(=O)(=O)O)cc(O)c3c2)cc1. The molecular formula is C17H16NO7PS. The van der Waals surface area contributed by atoms with Crippen molar-refractivity contribution in [1.82, 2.24) is 0 Å². The van der Waals surface area contributed by atoms with Gasteiger partial charge >= 0.3 is 7.60 Å². The summed E-state index contributed by atoms with van der Waals surface area (Å²) in [4.78, 5) is 17.6. The molecule has 0 spiro atoms. The van der Waals surface area contributed by atoms with Crippen LogP contribution in [-0.2, 0) is 20.8 Å². The molecule has 0 aliphatic rings. The van der Waals surface area contributed by atoms with Crippen molar-refractivity contribution < 1.29 is 32.4 Å². The molecule has 0 aliphatic heterocycles. The number of hydrogen-bond donors (Lipinski definition) is 5.